The zero-order valence-electron chi connectivity index (χ0n) is 11.4. The van der Waals surface area contributed by atoms with Gasteiger partial charge < -0.3 is 10.2 Å². The van der Waals surface area contributed by atoms with E-state index in [1.54, 1.807) is 30.1 Å². The van der Waals surface area contributed by atoms with Crippen LogP contribution in [-0.4, -0.2) is 40.3 Å². The fourth-order valence-electron chi connectivity index (χ4n) is 2.44. The highest BCUT2D eigenvalue weighted by atomic mass is 16.6. The average Bonchev–Trinajstić information content (AvgIpc) is 2.78. The molecule has 0 aliphatic carbocycles. The summed E-state index contributed by atoms with van der Waals surface area (Å²) in [5.74, 6) is 0.658. The van der Waals surface area contributed by atoms with E-state index < -0.39 is 4.92 Å². The van der Waals surface area contributed by atoms with Crippen LogP contribution in [0.25, 0.3) is 10.9 Å². The van der Waals surface area contributed by atoms with Crippen molar-refractivity contribution in [1.29, 1.82) is 0 Å². The molecular formula is C14H14N4O3. The summed E-state index contributed by atoms with van der Waals surface area (Å²) >= 11 is 0. The molecule has 1 aromatic carbocycles. The molecule has 21 heavy (non-hydrogen) atoms. The van der Waals surface area contributed by atoms with Crippen LogP contribution in [0.3, 0.4) is 0 Å². The van der Waals surface area contributed by atoms with Crippen LogP contribution in [0.2, 0.25) is 0 Å². The molecule has 7 heteroatoms. The number of nitrogens with one attached hydrogen (secondary N) is 1. The van der Waals surface area contributed by atoms with E-state index in [2.05, 4.69) is 10.3 Å². The number of nitro groups is 1. The van der Waals surface area contributed by atoms with Gasteiger partial charge in [0.25, 0.3) is 5.69 Å². The Morgan fingerprint density at radius 3 is 2.86 bits per heavy atom. The molecule has 2 aromatic rings. The third kappa shape index (κ3) is 2.49. The lowest BCUT2D eigenvalue weighted by atomic mass is 10.2. The van der Waals surface area contributed by atoms with Crippen molar-refractivity contribution in [3.05, 3.63) is 40.4 Å². The molecular weight excluding hydrogens is 272 g/mol. The van der Waals surface area contributed by atoms with Crippen molar-refractivity contribution in [3.8, 4) is 0 Å². The predicted molar refractivity (Wildman–Crippen MR) is 78.1 cm³/mol. The minimum absolute atomic E-state index is 0.0394. The van der Waals surface area contributed by atoms with Gasteiger partial charge in [-0.05, 0) is 24.6 Å². The van der Waals surface area contributed by atoms with Crippen LogP contribution >= 0.6 is 0 Å². The largest absolute Gasteiger partial charge is 0.358 e. The molecule has 1 aliphatic heterocycles. The Bertz CT molecular complexity index is 731. The molecule has 1 fully saturated rings. The van der Waals surface area contributed by atoms with E-state index in [0.29, 0.717) is 16.7 Å². The van der Waals surface area contributed by atoms with Gasteiger partial charge in [-0.1, -0.05) is 0 Å². The number of carbonyl (C=O) groups is 1. The Balaban J connectivity index is 1.86. The number of amides is 1. The number of fused-ring (bicyclic) bond motifs is 1. The number of pyridine rings is 1. The molecule has 1 atom stereocenters. The van der Waals surface area contributed by atoms with E-state index in [4.69, 9.17) is 0 Å². The lowest BCUT2D eigenvalue weighted by Crippen LogP contribution is -2.31. The molecule has 0 radical (unpaired) electrons. The van der Waals surface area contributed by atoms with Crippen molar-refractivity contribution in [3.63, 3.8) is 0 Å². The number of likely N-dealkylation sites (N-methyl/N-ethyl adjacent to an activating group) is 1. The summed E-state index contributed by atoms with van der Waals surface area (Å²) in [6.07, 6.45) is 0.745. The minimum atomic E-state index is -0.432. The molecule has 1 aromatic heterocycles. The molecule has 108 valence electrons. The molecule has 0 saturated carbocycles. The van der Waals surface area contributed by atoms with Crippen LogP contribution in [0.4, 0.5) is 11.5 Å². The second-order valence-corrected chi connectivity index (χ2v) is 5.08. The van der Waals surface area contributed by atoms with Crippen LogP contribution < -0.4 is 5.32 Å². The Morgan fingerprint density at radius 2 is 2.19 bits per heavy atom. The number of rotatable bonds is 3. The summed E-state index contributed by atoms with van der Waals surface area (Å²) in [5, 5.41) is 14.6. The molecule has 1 aliphatic rings. The lowest BCUT2D eigenvalue weighted by Gasteiger charge is -2.13. The topological polar surface area (TPSA) is 88.4 Å². The quantitative estimate of drug-likeness (QED) is 0.686. The number of non-ortho nitro benzene ring substituents is 1. The van der Waals surface area contributed by atoms with Crippen LogP contribution in [0.5, 0.6) is 0 Å². The van der Waals surface area contributed by atoms with Crippen LogP contribution in [0, 0.1) is 10.1 Å². The number of likely N-dealkylation sites (tertiary alicyclic amines) is 1. The van der Waals surface area contributed by atoms with E-state index in [0.717, 1.165) is 13.0 Å². The molecule has 0 bridgehead atoms. The van der Waals surface area contributed by atoms with Crippen molar-refractivity contribution in [2.45, 2.75) is 12.5 Å². The van der Waals surface area contributed by atoms with E-state index in [9.17, 15) is 14.9 Å². The van der Waals surface area contributed by atoms with E-state index in [1.165, 1.54) is 12.1 Å². The summed E-state index contributed by atoms with van der Waals surface area (Å²) < 4.78 is 0. The Kier molecular flexibility index (Phi) is 3.17. The Hall–Kier alpha value is -2.70. The standard InChI is InChI=1S/C14H14N4O3/c1-17-7-6-12(14(17)19)16-13-5-2-9-8-10(18(20)21)3-4-11(9)15-13/h2-5,8,12H,6-7H2,1H3,(H,15,16). The van der Waals surface area contributed by atoms with Crippen molar-refractivity contribution >= 4 is 28.3 Å². The molecule has 2 heterocycles. The molecule has 1 unspecified atom stereocenters. The smallest absolute Gasteiger partial charge is 0.270 e. The van der Waals surface area contributed by atoms with Gasteiger partial charge in [0.2, 0.25) is 5.91 Å². The number of hydrogen-bond donors (Lipinski definition) is 1. The average molecular weight is 286 g/mol. The monoisotopic (exact) mass is 286 g/mol. The second-order valence-electron chi connectivity index (χ2n) is 5.08. The number of nitro benzene ring substituents is 1. The minimum Gasteiger partial charge on any atom is -0.358 e. The number of benzene rings is 1. The third-order valence-electron chi connectivity index (χ3n) is 3.63. The number of carbonyl (C=O) groups excluding carboxylic acids is 1. The highest BCUT2D eigenvalue weighted by molar-refractivity contribution is 5.87. The molecule has 1 N–H and O–H groups in total. The van der Waals surface area contributed by atoms with Gasteiger partial charge in [-0.3, -0.25) is 14.9 Å². The zero-order valence-corrected chi connectivity index (χ0v) is 11.4. The van der Waals surface area contributed by atoms with Crippen LogP contribution in [0.15, 0.2) is 30.3 Å². The Labute approximate surface area is 120 Å². The van der Waals surface area contributed by atoms with Crippen LogP contribution in [0.1, 0.15) is 6.42 Å². The third-order valence-corrected chi connectivity index (χ3v) is 3.63. The molecule has 0 spiro atoms. The van der Waals surface area contributed by atoms with Gasteiger partial charge in [0.05, 0.1) is 10.4 Å². The number of nitrogens with zero attached hydrogens (tertiary/aromatic N) is 3. The van der Waals surface area contributed by atoms with E-state index in [1.807, 2.05) is 0 Å². The number of anilines is 1. The molecule has 7 nitrogen and oxygen atoms in total. The van der Waals surface area contributed by atoms with Gasteiger partial charge in [-0.2, -0.15) is 0 Å². The zero-order chi connectivity index (χ0) is 15.0. The maximum atomic E-state index is 11.9. The maximum Gasteiger partial charge on any atom is 0.270 e. The normalized spacial score (nSPS) is 18.2. The first-order valence-corrected chi connectivity index (χ1v) is 6.61. The Morgan fingerprint density at radius 1 is 1.38 bits per heavy atom. The fraction of sp³-hybridized carbons (Fsp3) is 0.286. The summed E-state index contributed by atoms with van der Waals surface area (Å²) in [6, 6.07) is 7.77. The first-order chi connectivity index (χ1) is 10.0. The van der Waals surface area contributed by atoms with Gasteiger partial charge in [-0.15, -0.1) is 0 Å². The van der Waals surface area contributed by atoms with Crippen molar-refractivity contribution in [2.75, 3.05) is 18.9 Å². The van der Waals surface area contributed by atoms with Gasteiger partial charge in [0.1, 0.15) is 11.9 Å². The molecule has 3 rings (SSSR count). The van der Waals surface area contributed by atoms with E-state index in [-0.39, 0.29) is 17.6 Å². The van der Waals surface area contributed by atoms with Gasteiger partial charge in [0, 0.05) is 31.1 Å². The molecule has 1 saturated heterocycles. The first kappa shape index (κ1) is 13.3. The van der Waals surface area contributed by atoms with Crippen LogP contribution in [-0.2, 0) is 4.79 Å². The van der Waals surface area contributed by atoms with Gasteiger partial charge >= 0.3 is 0 Å². The second kappa shape index (κ2) is 5.01. The highest BCUT2D eigenvalue weighted by Gasteiger charge is 2.28. The summed E-state index contributed by atoms with van der Waals surface area (Å²) in [7, 11) is 1.77. The molecule has 1 amide bonds. The van der Waals surface area contributed by atoms with Crippen molar-refractivity contribution < 1.29 is 9.72 Å². The summed E-state index contributed by atoms with van der Waals surface area (Å²) in [6.45, 7) is 0.732. The highest BCUT2D eigenvalue weighted by Crippen LogP contribution is 2.22. The number of hydrogen-bond acceptors (Lipinski definition) is 5. The summed E-state index contributed by atoms with van der Waals surface area (Å²) in [5.41, 5.74) is 0.696. The van der Waals surface area contributed by atoms with Crippen molar-refractivity contribution in [2.24, 2.45) is 0 Å². The SMILES string of the molecule is CN1CCC(Nc2ccc3cc([N+](=O)[O-])ccc3n2)C1=O. The summed E-state index contributed by atoms with van der Waals surface area (Å²) in [4.78, 5) is 28.2. The fourth-order valence-corrected chi connectivity index (χ4v) is 2.44. The maximum absolute atomic E-state index is 11.9. The predicted octanol–water partition coefficient (Wildman–Crippen LogP) is 1.79. The van der Waals surface area contributed by atoms with Gasteiger partial charge in [-0.25, -0.2) is 4.98 Å². The van der Waals surface area contributed by atoms with Crippen molar-refractivity contribution in [1.82, 2.24) is 9.88 Å². The van der Waals surface area contributed by atoms with Gasteiger partial charge in [0.15, 0.2) is 0 Å². The first-order valence-electron chi connectivity index (χ1n) is 6.61. The number of aromatic nitrogens is 1. The lowest BCUT2D eigenvalue weighted by molar-refractivity contribution is -0.384. The van der Waals surface area contributed by atoms with E-state index >= 15 is 0 Å².